The molecule has 0 saturated heterocycles. The molecule has 2 aromatic rings. The number of nitrogens with one attached hydrogen (secondary N) is 1. The maximum atomic E-state index is 12.2. The summed E-state index contributed by atoms with van der Waals surface area (Å²) in [7, 11) is 1.65. The Hall–Kier alpha value is -2.14. The van der Waals surface area contributed by atoms with Crippen LogP contribution in [0.2, 0.25) is 0 Å². The number of benzene rings is 2. The minimum absolute atomic E-state index is 0.0351. The standard InChI is InChI=1S/C19H21BrN2O2/c1-3-15-6-4-5-7-17(15)21-18(23)13-22(2)19(24)12-14-8-10-16(20)11-9-14/h4-11H,3,12-13H2,1-2H3,(H,21,23). The van der Waals surface area contributed by atoms with Gasteiger partial charge in [-0.1, -0.05) is 53.2 Å². The maximum absolute atomic E-state index is 12.2. The average Bonchev–Trinajstić information content (AvgIpc) is 2.57. The highest BCUT2D eigenvalue weighted by atomic mass is 79.9. The Bertz CT molecular complexity index is 714. The second-order valence-electron chi connectivity index (χ2n) is 5.61. The van der Waals surface area contributed by atoms with Crippen LogP contribution < -0.4 is 5.32 Å². The van der Waals surface area contributed by atoms with E-state index >= 15 is 0 Å². The van der Waals surface area contributed by atoms with Crippen LogP contribution in [0.15, 0.2) is 53.0 Å². The first-order chi connectivity index (χ1) is 11.5. The van der Waals surface area contributed by atoms with Crippen LogP contribution in [0.5, 0.6) is 0 Å². The summed E-state index contributed by atoms with van der Waals surface area (Å²) in [6.45, 7) is 2.08. The van der Waals surface area contributed by atoms with Gasteiger partial charge in [-0.2, -0.15) is 0 Å². The van der Waals surface area contributed by atoms with Crippen molar-refractivity contribution in [2.75, 3.05) is 18.9 Å². The van der Waals surface area contributed by atoms with Gasteiger partial charge >= 0.3 is 0 Å². The van der Waals surface area contributed by atoms with E-state index in [1.54, 1.807) is 7.05 Å². The molecule has 0 unspecified atom stereocenters. The normalized spacial score (nSPS) is 10.3. The van der Waals surface area contributed by atoms with E-state index in [-0.39, 0.29) is 24.8 Å². The molecule has 1 N–H and O–H groups in total. The van der Waals surface area contributed by atoms with Crippen LogP contribution in [0.1, 0.15) is 18.1 Å². The van der Waals surface area contributed by atoms with E-state index in [0.29, 0.717) is 0 Å². The van der Waals surface area contributed by atoms with E-state index in [1.165, 1.54) is 4.90 Å². The van der Waals surface area contributed by atoms with Gasteiger partial charge in [0.2, 0.25) is 11.8 Å². The van der Waals surface area contributed by atoms with Crippen LogP contribution in [0.4, 0.5) is 5.69 Å². The smallest absolute Gasteiger partial charge is 0.243 e. The molecule has 0 aromatic heterocycles. The number of likely N-dealkylation sites (N-methyl/N-ethyl adjacent to an activating group) is 1. The Morgan fingerprint density at radius 2 is 1.75 bits per heavy atom. The number of rotatable bonds is 6. The number of nitrogens with zero attached hydrogens (tertiary/aromatic N) is 1. The highest BCUT2D eigenvalue weighted by Gasteiger charge is 2.14. The van der Waals surface area contributed by atoms with Gasteiger partial charge in [-0.25, -0.2) is 0 Å². The lowest BCUT2D eigenvalue weighted by Gasteiger charge is -2.17. The molecule has 2 amide bonds. The summed E-state index contributed by atoms with van der Waals surface area (Å²) in [4.78, 5) is 25.9. The second-order valence-corrected chi connectivity index (χ2v) is 6.53. The number of anilines is 1. The monoisotopic (exact) mass is 388 g/mol. The lowest BCUT2D eigenvalue weighted by molar-refractivity contribution is -0.132. The fourth-order valence-corrected chi connectivity index (χ4v) is 2.62. The fraction of sp³-hybridized carbons (Fsp3) is 0.263. The predicted octanol–water partition coefficient (Wildman–Crippen LogP) is 3.65. The van der Waals surface area contributed by atoms with Crippen molar-refractivity contribution in [3.8, 4) is 0 Å². The van der Waals surface area contributed by atoms with Gasteiger partial charge in [-0.05, 0) is 35.7 Å². The SMILES string of the molecule is CCc1ccccc1NC(=O)CN(C)C(=O)Cc1ccc(Br)cc1. The van der Waals surface area contributed by atoms with Gasteiger partial charge in [0.1, 0.15) is 0 Å². The number of carbonyl (C=O) groups excluding carboxylic acids is 2. The Morgan fingerprint density at radius 1 is 1.08 bits per heavy atom. The van der Waals surface area contributed by atoms with E-state index in [4.69, 9.17) is 0 Å². The van der Waals surface area contributed by atoms with Crippen LogP contribution in [-0.2, 0) is 22.4 Å². The molecule has 126 valence electrons. The number of aryl methyl sites for hydroxylation is 1. The van der Waals surface area contributed by atoms with E-state index in [1.807, 2.05) is 55.5 Å². The molecule has 0 aliphatic carbocycles. The lowest BCUT2D eigenvalue weighted by Crippen LogP contribution is -2.35. The first-order valence-corrected chi connectivity index (χ1v) is 8.65. The summed E-state index contributed by atoms with van der Waals surface area (Å²) >= 11 is 3.37. The largest absolute Gasteiger partial charge is 0.336 e. The van der Waals surface area contributed by atoms with Crippen molar-refractivity contribution < 1.29 is 9.59 Å². The minimum atomic E-state index is -0.192. The molecule has 0 aliphatic heterocycles. The van der Waals surface area contributed by atoms with Crippen molar-refractivity contribution in [3.63, 3.8) is 0 Å². The summed E-state index contributed by atoms with van der Waals surface area (Å²) in [5, 5.41) is 2.88. The number of halogens is 1. The summed E-state index contributed by atoms with van der Waals surface area (Å²) < 4.78 is 0.973. The Kier molecular flexibility index (Phi) is 6.55. The summed E-state index contributed by atoms with van der Waals surface area (Å²) in [5.74, 6) is -0.279. The number of amides is 2. The first kappa shape index (κ1) is 18.2. The van der Waals surface area contributed by atoms with Crippen molar-refractivity contribution in [2.45, 2.75) is 19.8 Å². The third-order valence-electron chi connectivity index (χ3n) is 3.75. The van der Waals surface area contributed by atoms with Crippen LogP contribution in [-0.4, -0.2) is 30.3 Å². The van der Waals surface area contributed by atoms with Crippen molar-refractivity contribution in [1.82, 2.24) is 4.90 Å². The molecule has 0 aliphatic rings. The molecule has 0 bridgehead atoms. The molecule has 4 nitrogen and oxygen atoms in total. The lowest BCUT2D eigenvalue weighted by atomic mass is 10.1. The minimum Gasteiger partial charge on any atom is -0.336 e. The molecular weight excluding hydrogens is 368 g/mol. The molecule has 0 spiro atoms. The van der Waals surface area contributed by atoms with Gasteiger partial charge in [0.05, 0.1) is 13.0 Å². The third kappa shape index (κ3) is 5.20. The first-order valence-electron chi connectivity index (χ1n) is 7.85. The molecule has 2 aromatic carbocycles. The average molecular weight is 389 g/mol. The van der Waals surface area contributed by atoms with Crippen LogP contribution in [0, 0.1) is 0 Å². The van der Waals surface area contributed by atoms with Crippen molar-refractivity contribution in [2.24, 2.45) is 0 Å². The molecule has 0 heterocycles. The zero-order chi connectivity index (χ0) is 17.5. The molecule has 0 fully saturated rings. The van der Waals surface area contributed by atoms with E-state index in [0.717, 1.165) is 27.7 Å². The quantitative estimate of drug-likeness (QED) is 0.820. The fourth-order valence-electron chi connectivity index (χ4n) is 2.36. The van der Waals surface area contributed by atoms with E-state index in [2.05, 4.69) is 21.2 Å². The van der Waals surface area contributed by atoms with Gasteiger partial charge in [0.15, 0.2) is 0 Å². The van der Waals surface area contributed by atoms with Gasteiger partial charge in [-0.3, -0.25) is 9.59 Å². The Balaban J connectivity index is 1.90. The van der Waals surface area contributed by atoms with Crippen molar-refractivity contribution in [3.05, 3.63) is 64.1 Å². The second kappa shape index (κ2) is 8.64. The summed E-state index contributed by atoms with van der Waals surface area (Å²) in [5.41, 5.74) is 2.81. The number of hydrogen-bond acceptors (Lipinski definition) is 2. The third-order valence-corrected chi connectivity index (χ3v) is 4.28. The molecular formula is C19H21BrN2O2. The van der Waals surface area contributed by atoms with E-state index < -0.39 is 0 Å². The summed E-state index contributed by atoms with van der Waals surface area (Å²) in [6, 6.07) is 15.3. The Morgan fingerprint density at radius 3 is 2.42 bits per heavy atom. The molecule has 24 heavy (non-hydrogen) atoms. The number of carbonyl (C=O) groups is 2. The topological polar surface area (TPSA) is 49.4 Å². The van der Waals surface area contributed by atoms with Gasteiger partial charge in [0.25, 0.3) is 0 Å². The molecule has 5 heteroatoms. The summed E-state index contributed by atoms with van der Waals surface area (Å²) in [6.07, 6.45) is 1.12. The maximum Gasteiger partial charge on any atom is 0.243 e. The van der Waals surface area contributed by atoms with Crippen molar-refractivity contribution >= 4 is 33.4 Å². The van der Waals surface area contributed by atoms with Crippen LogP contribution in [0.3, 0.4) is 0 Å². The molecule has 0 radical (unpaired) electrons. The van der Waals surface area contributed by atoms with Crippen LogP contribution >= 0.6 is 15.9 Å². The number of para-hydroxylation sites is 1. The predicted molar refractivity (Wildman–Crippen MR) is 99.9 cm³/mol. The van der Waals surface area contributed by atoms with Gasteiger partial charge in [-0.15, -0.1) is 0 Å². The zero-order valence-corrected chi connectivity index (χ0v) is 15.5. The zero-order valence-electron chi connectivity index (χ0n) is 13.9. The van der Waals surface area contributed by atoms with Crippen molar-refractivity contribution in [1.29, 1.82) is 0 Å². The number of hydrogen-bond donors (Lipinski definition) is 1. The highest BCUT2D eigenvalue weighted by molar-refractivity contribution is 9.10. The Labute approximate surface area is 151 Å². The molecule has 0 saturated carbocycles. The molecule has 0 atom stereocenters. The molecule has 2 rings (SSSR count). The van der Waals surface area contributed by atoms with Gasteiger partial charge in [0, 0.05) is 17.2 Å². The van der Waals surface area contributed by atoms with E-state index in [9.17, 15) is 9.59 Å². The highest BCUT2D eigenvalue weighted by Crippen LogP contribution is 2.15. The van der Waals surface area contributed by atoms with Gasteiger partial charge < -0.3 is 10.2 Å². The van der Waals surface area contributed by atoms with Crippen LogP contribution in [0.25, 0.3) is 0 Å².